The minimum absolute atomic E-state index is 0.262. The van der Waals surface area contributed by atoms with Gasteiger partial charge < -0.3 is 9.47 Å². The predicted octanol–water partition coefficient (Wildman–Crippen LogP) is 4.78. The van der Waals surface area contributed by atoms with E-state index < -0.39 is 7.80 Å². The first-order valence-electron chi connectivity index (χ1n) is 7.29. The van der Waals surface area contributed by atoms with Crippen LogP contribution in [0, 0.1) is 11.3 Å². The predicted molar refractivity (Wildman–Crippen MR) is 92.0 cm³/mol. The first kappa shape index (κ1) is 20.6. The van der Waals surface area contributed by atoms with Gasteiger partial charge in [-0.2, -0.15) is 0 Å². The Labute approximate surface area is 135 Å². The molecule has 0 aromatic heterocycles. The van der Waals surface area contributed by atoms with Crippen LogP contribution in [-0.4, -0.2) is 26.4 Å². The van der Waals surface area contributed by atoms with Crippen molar-refractivity contribution in [3.63, 3.8) is 0 Å². The molecule has 22 heavy (non-hydrogen) atoms. The van der Waals surface area contributed by atoms with Crippen molar-refractivity contribution in [1.82, 2.24) is 0 Å². The van der Waals surface area contributed by atoms with Crippen LogP contribution in [0.5, 0.6) is 11.5 Å². The van der Waals surface area contributed by atoms with Gasteiger partial charge in [-0.15, -0.1) is 0 Å². The molecule has 1 aromatic rings. The zero-order valence-electron chi connectivity index (χ0n) is 14.5. The van der Waals surface area contributed by atoms with Gasteiger partial charge in [0.2, 0.25) is 0 Å². The topological polar surface area (TPSA) is 52.6 Å². The summed E-state index contributed by atoms with van der Waals surface area (Å²) in [4.78, 5) is 10.1. The lowest BCUT2D eigenvalue weighted by atomic mass is 9.86. The number of hydrogen-bond donors (Lipinski definition) is 0. The second kappa shape index (κ2) is 10.3. The molecule has 0 heterocycles. The molecule has 2 atom stereocenters. The summed E-state index contributed by atoms with van der Waals surface area (Å²) in [6.45, 7) is 8.49. The van der Waals surface area contributed by atoms with Crippen molar-refractivity contribution in [3.8, 4) is 11.5 Å². The Hall–Kier alpha value is -1.41. The Morgan fingerprint density at radius 2 is 1.68 bits per heavy atom. The Kier molecular flexibility index (Phi) is 9.68. The molecule has 0 N–H and O–H groups in total. The summed E-state index contributed by atoms with van der Waals surface area (Å²) in [5, 5.41) is 0. The number of benzene rings is 1. The number of methoxy groups -OCH3 is 2. The second-order valence-electron chi connectivity index (χ2n) is 6.46. The van der Waals surface area contributed by atoms with Gasteiger partial charge in [-0.3, -0.25) is 9.36 Å². The van der Waals surface area contributed by atoms with Gasteiger partial charge in [-0.1, -0.05) is 33.8 Å². The van der Waals surface area contributed by atoms with E-state index in [1.54, 1.807) is 14.2 Å². The third-order valence-electron chi connectivity index (χ3n) is 2.85. The molecule has 0 fully saturated rings. The number of carbonyl (C=O) groups excluding carboxylic acids is 1. The van der Waals surface area contributed by atoms with Crippen molar-refractivity contribution in [2.45, 2.75) is 34.1 Å². The summed E-state index contributed by atoms with van der Waals surface area (Å²) >= 11 is 0. The van der Waals surface area contributed by atoms with E-state index in [1.165, 1.54) is 0 Å². The largest absolute Gasteiger partial charge is 0.497 e. The lowest BCUT2D eigenvalue weighted by molar-refractivity contribution is 0.322. The molecule has 0 saturated heterocycles. The summed E-state index contributed by atoms with van der Waals surface area (Å²) in [6, 6.07) is 8.04. The Morgan fingerprint density at radius 3 is 2.05 bits per heavy atom. The van der Waals surface area contributed by atoms with Crippen LogP contribution in [0.4, 0.5) is 0 Å². The van der Waals surface area contributed by atoms with Crippen molar-refractivity contribution in [1.29, 1.82) is 0 Å². The molecular formula is C17H28O4P. The molecule has 0 amide bonds. The molecule has 125 valence electrons. The van der Waals surface area contributed by atoms with E-state index in [2.05, 4.69) is 20.8 Å². The van der Waals surface area contributed by atoms with Crippen LogP contribution in [0.1, 0.15) is 34.1 Å². The van der Waals surface area contributed by atoms with Gasteiger partial charge in [0, 0.05) is 12.2 Å². The van der Waals surface area contributed by atoms with E-state index >= 15 is 0 Å². The minimum Gasteiger partial charge on any atom is -0.497 e. The fraction of sp³-hybridized carbons (Fsp3) is 0.588. The third kappa shape index (κ3) is 10.3. The number of carbonyl (C=O) groups is 1. The first-order chi connectivity index (χ1) is 10.2. The quantitative estimate of drug-likeness (QED) is 0.557. The van der Waals surface area contributed by atoms with Crippen LogP contribution in [0.25, 0.3) is 0 Å². The average molecular weight is 327 g/mol. The van der Waals surface area contributed by atoms with Crippen LogP contribution >= 0.6 is 7.80 Å². The van der Waals surface area contributed by atoms with Crippen molar-refractivity contribution in [2.75, 3.05) is 20.4 Å². The zero-order chi connectivity index (χ0) is 17.2. The van der Waals surface area contributed by atoms with Crippen LogP contribution in [0.15, 0.2) is 24.3 Å². The number of hydrogen-bond acceptors (Lipinski definition) is 4. The highest BCUT2D eigenvalue weighted by Gasteiger charge is 2.16. The fourth-order valence-electron chi connectivity index (χ4n) is 2.19. The summed E-state index contributed by atoms with van der Waals surface area (Å²) < 4.78 is 20.8. The normalized spacial score (nSPS) is 12.5. The van der Waals surface area contributed by atoms with Crippen molar-refractivity contribution in [2.24, 2.45) is 11.3 Å². The second-order valence-corrected chi connectivity index (χ2v) is 7.87. The Morgan fingerprint density at radius 1 is 1.18 bits per heavy atom. The summed E-state index contributed by atoms with van der Waals surface area (Å²) in [5.41, 5.74) is 0.262. The van der Waals surface area contributed by atoms with Crippen molar-refractivity contribution < 1.29 is 18.8 Å². The highest BCUT2D eigenvalue weighted by Crippen LogP contribution is 2.29. The SMILES string of the molecule is CC(C[P](=O)C=O)CC(C)(C)C.COc1cccc(OC)c1. The van der Waals surface area contributed by atoms with Gasteiger partial charge in [0.1, 0.15) is 19.3 Å². The Bertz CT molecular complexity index is 447. The molecule has 0 saturated carbocycles. The van der Waals surface area contributed by atoms with Gasteiger partial charge in [0.05, 0.1) is 14.2 Å². The van der Waals surface area contributed by atoms with Crippen molar-refractivity contribution in [3.05, 3.63) is 24.3 Å². The molecular weight excluding hydrogens is 299 g/mol. The van der Waals surface area contributed by atoms with Gasteiger partial charge in [0.15, 0.2) is 6.03 Å². The zero-order valence-corrected chi connectivity index (χ0v) is 15.4. The van der Waals surface area contributed by atoms with Gasteiger partial charge in [0.25, 0.3) is 0 Å². The van der Waals surface area contributed by atoms with E-state index in [0.29, 0.717) is 18.1 Å². The standard InChI is InChI=1S/C9H18O2P.C8H10O2/c1-8(5-9(2,3)4)6-12(11)7-10;1-9-7-4-3-5-8(6-7)10-2/h7-8H,5-6H2,1-4H3;3-6H,1-2H3. The highest BCUT2D eigenvalue weighted by atomic mass is 31.1. The van der Waals surface area contributed by atoms with Crippen LogP contribution in [0.2, 0.25) is 0 Å². The number of rotatable bonds is 6. The smallest absolute Gasteiger partial charge is 0.199 e. The van der Waals surface area contributed by atoms with E-state index in [9.17, 15) is 9.36 Å². The maximum atomic E-state index is 10.9. The maximum absolute atomic E-state index is 10.9. The molecule has 5 heteroatoms. The highest BCUT2D eigenvalue weighted by molar-refractivity contribution is 7.60. The molecule has 0 aliphatic carbocycles. The van der Waals surface area contributed by atoms with Crippen LogP contribution in [-0.2, 0) is 9.36 Å². The minimum atomic E-state index is -1.60. The molecule has 0 aliphatic rings. The maximum Gasteiger partial charge on any atom is 0.199 e. The molecule has 1 radical (unpaired) electrons. The number of ether oxygens (including phenoxy) is 2. The van der Waals surface area contributed by atoms with Gasteiger partial charge in [-0.25, -0.2) is 0 Å². The van der Waals surface area contributed by atoms with Crippen LogP contribution in [0.3, 0.4) is 0 Å². The molecule has 2 unspecified atom stereocenters. The first-order valence-corrected chi connectivity index (χ1v) is 8.80. The van der Waals surface area contributed by atoms with E-state index in [-0.39, 0.29) is 5.41 Å². The lowest BCUT2D eigenvalue weighted by Gasteiger charge is -2.22. The van der Waals surface area contributed by atoms with E-state index in [0.717, 1.165) is 17.9 Å². The van der Waals surface area contributed by atoms with Gasteiger partial charge in [-0.05, 0) is 29.9 Å². The lowest BCUT2D eigenvalue weighted by Crippen LogP contribution is -2.12. The Balaban J connectivity index is 0.000000406. The molecule has 0 spiro atoms. The van der Waals surface area contributed by atoms with E-state index in [4.69, 9.17) is 9.47 Å². The summed E-state index contributed by atoms with van der Waals surface area (Å²) in [6.07, 6.45) is 1.55. The van der Waals surface area contributed by atoms with Gasteiger partial charge >= 0.3 is 0 Å². The van der Waals surface area contributed by atoms with Crippen molar-refractivity contribution >= 4 is 13.8 Å². The molecule has 0 aliphatic heterocycles. The monoisotopic (exact) mass is 327 g/mol. The fourth-order valence-corrected chi connectivity index (χ4v) is 3.02. The molecule has 1 aromatic carbocycles. The van der Waals surface area contributed by atoms with Crippen LogP contribution < -0.4 is 9.47 Å². The molecule has 0 bridgehead atoms. The third-order valence-corrected chi connectivity index (χ3v) is 4.07. The molecule has 4 nitrogen and oxygen atoms in total. The average Bonchev–Trinajstić information content (AvgIpc) is 2.45. The summed E-state index contributed by atoms with van der Waals surface area (Å²) in [5.74, 6) is 2.01. The molecule has 1 rings (SSSR count). The summed E-state index contributed by atoms with van der Waals surface area (Å²) in [7, 11) is 1.67. The van der Waals surface area contributed by atoms with E-state index in [1.807, 2.05) is 31.2 Å².